The molecule has 2 aromatic rings. The largest absolute Gasteiger partial charge is 0.481 e. The van der Waals surface area contributed by atoms with Gasteiger partial charge in [-0.3, -0.25) is 4.79 Å². The van der Waals surface area contributed by atoms with Crippen molar-refractivity contribution in [2.75, 3.05) is 14.2 Å². The number of methoxy groups -OCH3 is 2. The minimum atomic E-state index is -0.961. The van der Waals surface area contributed by atoms with Gasteiger partial charge in [-0.2, -0.15) is 0 Å². The van der Waals surface area contributed by atoms with Crippen LogP contribution in [0.25, 0.3) is 0 Å². The van der Waals surface area contributed by atoms with Crippen LogP contribution in [-0.4, -0.2) is 37.1 Å². The lowest BCUT2D eigenvalue weighted by Crippen LogP contribution is -2.43. The average Bonchev–Trinajstić information content (AvgIpc) is 2.61. The Labute approximate surface area is 138 Å². The van der Waals surface area contributed by atoms with Crippen LogP contribution < -0.4 is 10.1 Å². The Morgan fingerprint density at radius 2 is 1.96 bits per heavy atom. The first kappa shape index (κ1) is 17.4. The number of nitrogens with zero attached hydrogens (tertiary/aromatic N) is 1. The van der Waals surface area contributed by atoms with Gasteiger partial charge in [0.2, 0.25) is 5.88 Å². The Kier molecular flexibility index (Phi) is 5.83. The summed E-state index contributed by atoms with van der Waals surface area (Å²) in [4.78, 5) is 28.1. The zero-order valence-electron chi connectivity index (χ0n) is 13.3. The Balaban J connectivity index is 2.14. The van der Waals surface area contributed by atoms with E-state index < -0.39 is 23.7 Å². The highest BCUT2D eigenvalue weighted by molar-refractivity contribution is 5.97. The molecule has 0 bridgehead atoms. The summed E-state index contributed by atoms with van der Waals surface area (Å²) in [6.07, 6.45) is 1.69. The van der Waals surface area contributed by atoms with Crippen molar-refractivity contribution < 1.29 is 23.5 Å². The summed E-state index contributed by atoms with van der Waals surface area (Å²) >= 11 is 0. The highest BCUT2D eigenvalue weighted by atomic mass is 19.1. The van der Waals surface area contributed by atoms with Crippen molar-refractivity contribution >= 4 is 11.9 Å². The predicted molar refractivity (Wildman–Crippen MR) is 84.2 cm³/mol. The molecular formula is C17H17FN2O4. The van der Waals surface area contributed by atoms with Crippen molar-refractivity contribution in [3.63, 3.8) is 0 Å². The summed E-state index contributed by atoms with van der Waals surface area (Å²) in [6, 6.07) is 7.94. The molecule has 0 saturated carbocycles. The number of carbonyl (C=O) groups excluding carboxylic acids is 2. The molecule has 1 atom stereocenters. The van der Waals surface area contributed by atoms with E-state index in [-0.39, 0.29) is 12.0 Å². The molecule has 0 aliphatic carbocycles. The molecule has 6 nitrogen and oxygen atoms in total. The number of hydrogen-bond acceptors (Lipinski definition) is 5. The van der Waals surface area contributed by atoms with Crippen LogP contribution in [0.3, 0.4) is 0 Å². The topological polar surface area (TPSA) is 77.5 Å². The van der Waals surface area contributed by atoms with Gasteiger partial charge in [0, 0.05) is 18.7 Å². The number of carbonyl (C=O) groups is 2. The number of nitrogens with one attached hydrogen (secondary N) is 1. The van der Waals surface area contributed by atoms with Crippen LogP contribution in [0.15, 0.2) is 42.6 Å². The summed E-state index contributed by atoms with van der Waals surface area (Å²) in [5.74, 6) is -1.55. The Morgan fingerprint density at radius 3 is 2.54 bits per heavy atom. The molecule has 0 saturated heterocycles. The van der Waals surface area contributed by atoms with E-state index in [1.54, 1.807) is 18.2 Å². The molecule has 0 spiro atoms. The molecule has 1 aromatic carbocycles. The summed E-state index contributed by atoms with van der Waals surface area (Å²) < 4.78 is 23.4. The fourth-order valence-electron chi connectivity index (χ4n) is 2.11. The van der Waals surface area contributed by atoms with Crippen molar-refractivity contribution in [1.29, 1.82) is 0 Å². The first-order chi connectivity index (χ1) is 11.5. The van der Waals surface area contributed by atoms with Gasteiger partial charge in [-0.15, -0.1) is 0 Å². The third-order valence-corrected chi connectivity index (χ3v) is 3.36. The summed E-state index contributed by atoms with van der Waals surface area (Å²) in [7, 11) is 2.71. The van der Waals surface area contributed by atoms with E-state index in [2.05, 4.69) is 10.3 Å². The van der Waals surface area contributed by atoms with E-state index in [4.69, 9.17) is 9.47 Å². The van der Waals surface area contributed by atoms with Crippen molar-refractivity contribution in [2.45, 2.75) is 12.5 Å². The lowest BCUT2D eigenvalue weighted by molar-refractivity contribution is -0.142. The van der Waals surface area contributed by atoms with E-state index >= 15 is 0 Å². The number of aromatic nitrogens is 1. The minimum absolute atomic E-state index is 0.140. The summed E-state index contributed by atoms with van der Waals surface area (Å²) in [6.45, 7) is 0. The van der Waals surface area contributed by atoms with Gasteiger partial charge in [0.05, 0.1) is 19.8 Å². The maximum Gasteiger partial charge on any atom is 0.328 e. The van der Waals surface area contributed by atoms with Gasteiger partial charge >= 0.3 is 5.97 Å². The van der Waals surface area contributed by atoms with Crippen molar-refractivity contribution in [3.8, 4) is 5.88 Å². The van der Waals surface area contributed by atoms with E-state index in [0.717, 1.165) is 0 Å². The normalized spacial score (nSPS) is 11.5. The number of pyridine rings is 1. The molecule has 0 unspecified atom stereocenters. The van der Waals surface area contributed by atoms with Gasteiger partial charge in [-0.05, 0) is 17.7 Å². The van der Waals surface area contributed by atoms with Gasteiger partial charge in [0.15, 0.2) is 0 Å². The number of rotatable bonds is 6. The van der Waals surface area contributed by atoms with Crippen LogP contribution in [0.5, 0.6) is 5.88 Å². The van der Waals surface area contributed by atoms with E-state index in [0.29, 0.717) is 11.4 Å². The quantitative estimate of drug-likeness (QED) is 0.816. The molecule has 1 amide bonds. The third kappa shape index (κ3) is 4.28. The SMILES string of the molecule is COC(=O)[C@H](Cc1ccc(OC)nc1)NC(=O)c1ccccc1F. The second-order valence-corrected chi connectivity index (χ2v) is 4.94. The second kappa shape index (κ2) is 8.05. The Morgan fingerprint density at radius 1 is 1.21 bits per heavy atom. The van der Waals surface area contributed by atoms with Gasteiger partial charge in [0.25, 0.3) is 5.91 Å². The predicted octanol–water partition coefficient (Wildman–Crippen LogP) is 1.74. The van der Waals surface area contributed by atoms with Gasteiger partial charge in [-0.1, -0.05) is 18.2 Å². The van der Waals surface area contributed by atoms with Crippen molar-refractivity contribution in [2.24, 2.45) is 0 Å². The van der Waals surface area contributed by atoms with Gasteiger partial charge < -0.3 is 14.8 Å². The van der Waals surface area contributed by atoms with Crippen LogP contribution in [-0.2, 0) is 16.0 Å². The first-order valence-electron chi connectivity index (χ1n) is 7.17. The highest BCUT2D eigenvalue weighted by Crippen LogP contribution is 2.11. The molecule has 0 fully saturated rings. The molecular weight excluding hydrogens is 315 g/mol. The molecule has 0 aliphatic rings. The summed E-state index contributed by atoms with van der Waals surface area (Å²) in [5, 5.41) is 2.49. The lowest BCUT2D eigenvalue weighted by Gasteiger charge is -2.17. The van der Waals surface area contributed by atoms with E-state index in [1.807, 2.05) is 0 Å². The molecule has 126 valence electrons. The molecule has 0 radical (unpaired) electrons. The number of hydrogen-bond donors (Lipinski definition) is 1. The zero-order chi connectivity index (χ0) is 17.5. The number of benzene rings is 1. The maximum atomic E-state index is 13.7. The van der Waals surface area contributed by atoms with Crippen LogP contribution in [0.2, 0.25) is 0 Å². The molecule has 0 aliphatic heterocycles. The molecule has 1 N–H and O–H groups in total. The monoisotopic (exact) mass is 332 g/mol. The molecule has 1 heterocycles. The maximum absolute atomic E-state index is 13.7. The van der Waals surface area contributed by atoms with Crippen LogP contribution in [0.4, 0.5) is 4.39 Å². The number of ether oxygens (including phenoxy) is 2. The van der Waals surface area contributed by atoms with Crippen molar-refractivity contribution in [1.82, 2.24) is 10.3 Å². The number of amides is 1. The Bertz CT molecular complexity index is 719. The van der Waals surface area contributed by atoms with Crippen LogP contribution in [0, 0.1) is 5.82 Å². The van der Waals surface area contributed by atoms with Gasteiger partial charge in [-0.25, -0.2) is 14.2 Å². The van der Waals surface area contributed by atoms with Crippen LogP contribution in [0.1, 0.15) is 15.9 Å². The van der Waals surface area contributed by atoms with Crippen molar-refractivity contribution in [3.05, 3.63) is 59.5 Å². The standard InChI is InChI=1S/C17H17FN2O4/c1-23-15-8-7-11(10-19-15)9-14(17(22)24-2)20-16(21)12-5-3-4-6-13(12)18/h3-8,10,14H,9H2,1-2H3,(H,20,21)/t14-/m0/s1. The van der Waals surface area contributed by atoms with Crippen LogP contribution >= 0.6 is 0 Å². The van der Waals surface area contributed by atoms with Gasteiger partial charge in [0.1, 0.15) is 11.9 Å². The number of halogens is 1. The third-order valence-electron chi connectivity index (χ3n) is 3.36. The van der Waals surface area contributed by atoms with E-state index in [9.17, 15) is 14.0 Å². The molecule has 1 aromatic heterocycles. The fraction of sp³-hybridized carbons (Fsp3) is 0.235. The second-order valence-electron chi connectivity index (χ2n) is 4.94. The zero-order valence-corrected chi connectivity index (χ0v) is 13.3. The molecule has 2 rings (SSSR count). The minimum Gasteiger partial charge on any atom is -0.481 e. The smallest absolute Gasteiger partial charge is 0.328 e. The molecule has 24 heavy (non-hydrogen) atoms. The average molecular weight is 332 g/mol. The van der Waals surface area contributed by atoms with E-state index in [1.165, 1.54) is 38.6 Å². The first-order valence-corrected chi connectivity index (χ1v) is 7.17. The Hall–Kier alpha value is -2.96. The number of esters is 1. The lowest BCUT2D eigenvalue weighted by atomic mass is 10.1. The highest BCUT2D eigenvalue weighted by Gasteiger charge is 2.24. The fourth-order valence-corrected chi connectivity index (χ4v) is 2.11. The molecule has 7 heteroatoms. The summed E-state index contributed by atoms with van der Waals surface area (Å²) in [5.41, 5.74) is 0.555.